The average molecular weight is 253 g/mol. The van der Waals surface area contributed by atoms with Crippen LogP contribution >= 0.6 is 0 Å². The molecule has 2 saturated heterocycles. The molecule has 72 valence electrons. The first-order valence-corrected chi connectivity index (χ1v) is 6.72. The SMILES string of the molecule is O=C1[O][Ge]2([O]OCCO[O]2)[O]C1=O. The van der Waals surface area contributed by atoms with Crippen molar-refractivity contribution in [3.8, 4) is 0 Å². The fourth-order valence-electron chi connectivity index (χ4n) is 0.709. The van der Waals surface area contributed by atoms with Crippen LogP contribution in [0.15, 0.2) is 0 Å². The molecule has 9 heteroatoms. The maximum atomic E-state index is 10.6. The second-order valence-corrected chi connectivity index (χ2v) is 5.74. The van der Waals surface area contributed by atoms with Gasteiger partial charge >= 0.3 is 74.5 Å². The number of rotatable bonds is 0. The van der Waals surface area contributed by atoms with Gasteiger partial charge in [-0.25, -0.2) is 0 Å². The van der Waals surface area contributed by atoms with Crippen LogP contribution in [-0.2, 0) is 34.7 Å². The molecule has 1 spiro atoms. The van der Waals surface area contributed by atoms with Crippen LogP contribution < -0.4 is 0 Å². The van der Waals surface area contributed by atoms with Crippen LogP contribution in [0.4, 0.5) is 0 Å². The summed E-state index contributed by atoms with van der Waals surface area (Å²) in [6, 6.07) is 0. The molecule has 2 aliphatic rings. The van der Waals surface area contributed by atoms with E-state index < -0.39 is 26.6 Å². The zero-order valence-corrected chi connectivity index (χ0v) is 8.28. The quantitative estimate of drug-likeness (QED) is 0.290. The molecule has 2 fully saturated rings. The fraction of sp³-hybridized carbons (Fsp3) is 0.500. The van der Waals surface area contributed by atoms with E-state index in [1.54, 1.807) is 0 Å². The van der Waals surface area contributed by atoms with Gasteiger partial charge in [-0.2, -0.15) is 0 Å². The standard InChI is InChI=1S/C4H4GeO8/c6-3-4(7)11-5(10-3)12-8-1-2-9-13-5/h1-2H2. The summed E-state index contributed by atoms with van der Waals surface area (Å²) in [7, 11) is 0. The Morgan fingerprint density at radius 2 is 1.38 bits per heavy atom. The summed E-state index contributed by atoms with van der Waals surface area (Å²) in [6.45, 7) is 0.199. The molecule has 0 saturated carbocycles. The van der Waals surface area contributed by atoms with Crippen LogP contribution in [0.1, 0.15) is 0 Å². The second-order valence-electron chi connectivity index (χ2n) is 2.09. The van der Waals surface area contributed by atoms with Crippen molar-refractivity contribution in [2.45, 2.75) is 0 Å². The third kappa shape index (κ3) is 1.66. The predicted octanol–water partition coefficient (Wildman–Crippen LogP) is -1.57. The average Bonchev–Trinajstić information content (AvgIpc) is 2.29. The van der Waals surface area contributed by atoms with E-state index in [0.717, 1.165) is 0 Å². The molecule has 2 rings (SSSR count). The van der Waals surface area contributed by atoms with Gasteiger partial charge in [0.15, 0.2) is 0 Å². The molecule has 0 amide bonds. The summed E-state index contributed by atoms with van der Waals surface area (Å²) in [5.41, 5.74) is 0. The number of carbonyl (C=O) groups is 2. The van der Waals surface area contributed by atoms with Gasteiger partial charge in [-0.1, -0.05) is 0 Å². The van der Waals surface area contributed by atoms with Crippen LogP contribution in [0.3, 0.4) is 0 Å². The Labute approximate surface area is 75.2 Å². The van der Waals surface area contributed by atoms with Crippen LogP contribution in [-0.4, -0.2) is 39.8 Å². The van der Waals surface area contributed by atoms with Crippen LogP contribution in [0.2, 0.25) is 0 Å². The van der Waals surface area contributed by atoms with Crippen molar-refractivity contribution < 1.29 is 34.7 Å². The third-order valence-corrected chi connectivity index (χ3v) is 4.35. The van der Waals surface area contributed by atoms with Gasteiger partial charge in [0.2, 0.25) is 0 Å². The summed E-state index contributed by atoms with van der Waals surface area (Å²) in [5, 5.41) is 0. The van der Waals surface area contributed by atoms with Gasteiger partial charge in [0, 0.05) is 0 Å². The molecular weight excluding hydrogens is 249 g/mol. The van der Waals surface area contributed by atoms with E-state index in [1.807, 2.05) is 0 Å². The van der Waals surface area contributed by atoms with E-state index in [1.165, 1.54) is 0 Å². The van der Waals surface area contributed by atoms with Crippen molar-refractivity contribution in [2.24, 2.45) is 0 Å². The van der Waals surface area contributed by atoms with E-state index in [2.05, 4.69) is 25.1 Å². The van der Waals surface area contributed by atoms with Crippen molar-refractivity contribution in [1.82, 2.24) is 0 Å². The van der Waals surface area contributed by atoms with Gasteiger partial charge in [-0.05, 0) is 0 Å². The molecule has 0 aromatic heterocycles. The van der Waals surface area contributed by atoms with Crippen molar-refractivity contribution in [3.05, 3.63) is 0 Å². The van der Waals surface area contributed by atoms with Crippen molar-refractivity contribution >= 4 is 26.6 Å². The molecule has 0 atom stereocenters. The normalized spacial score (nSPS) is 26.8. The van der Waals surface area contributed by atoms with E-state index in [9.17, 15) is 9.59 Å². The van der Waals surface area contributed by atoms with Crippen molar-refractivity contribution in [3.63, 3.8) is 0 Å². The molecule has 13 heavy (non-hydrogen) atoms. The molecular formula is C4H4GeO8. The van der Waals surface area contributed by atoms with Gasteiger partial charge in [0.25, 0.3) is 0 Å². The van der Waals surface area contributed by atoms with E-state index in [-0.39, 0.29) is 13.2 Å². The number of hydrogen-bond acceptors (Lipinski definition) is 8. The first-order chi connectivity index (χ1) is 6.22. The molecule has 2 heterocycles. The fourth-order valence-corrected chi connectivity index (χ4v) is 3.40. The minimum atomic E-state index is -4.36. The molecule has 8 nitrogen and oxygen atoms in total. The summed E-state index contributed by atoms with van der Waals surface area (Å²) in [5.74, 6) is -2.32. The van der Waals surface area contributed by atoms with Gasteiger partial charge in [0.05, 0.1) is 0 Å². The Balaban J connectivity index is 2.11. The topological polar surface area (TPSA) is 89.5 Å². The molecule has 0 aromatic carbocycles. The summed E-state index contributed by atoms with van der Waals surface area (Å²) < 4.78 is 18.0. The Morgan fingerprint density at radius 3 is 1.85 bits per heavy atom. The Morgan fingerprint density at radius 1 is 0.923 bits per heavy atom. The monoisotopic (exact) mass is 254 g/mol. The van der Waals surface area contributed by atoms with Crippen molar-refractivity contribution in [1.29, 1.82) is 0 Å². The number of hydrogen-bond donors (Lipinski definition) is 0. The number of carbonyl (C=O) groups excluding carboxylic acids is 2. The molecule has 2 aliphatic heterocycles. The summed E-state index contributed by atoms with van der Waals surface area (Å²) >= 11 is -4.36. The zero-order valence-electron chi connectivity index (χ0n) is 6.18. The summed E-state index contributed by atoms with van der Waals surface area (Å²) in [4.78, 5) is 30.3. The molecule has 0 N–H and O–H groups in total. The van der Waals surface area contributed by atoms with E-state index in [4.69, 9.17) is 0 Å². The first-order valence-electron chi connectivity index (χ1n) is 3.29. The van der Waals surface area contributed by atoms with Crippen LogP contribution in [0.5, 0.6) is 0 Å². The van der Waals surface area contributed by atoms with Gasteiger partial charge < -0.3 is 0 Å². The second kappa shape index (κ2) is 3.23. The molecule has 0 radical (unpaired) electrons. The molecule has 0 aromatic rings. The van der Waals surface area contributed by atoms with Gasteiger partial charge in [0.1, 0.15) is 0 Å². The zero-order chi connectivity index (χ0) is 9.31. The molecule has 0 unspecified atom stereocenters. The van der Waals surface area contributed by atoms with Gasteiger partial charge in [-0.3, -0.25) is 0 Å². The Kier molecular flexibility index (Phi) is 2.21. The predicted molar refractivity (Wildman–Crippen MR) is 32.0 cm³/mol. The maximum absolute atomic E-state index is 10.6. The first kappa shape index (κ1) is 8.90. The van der Waals surface area contributed by atoms with Crippen LogP contribution in [0, 0.1) is 0 Å². The Bertz CT molecular complexity index is 225. The van der Waals surface area contributed by atoms with Crippen LogP contribution in [0.25, 0.3) is 0 Å². The van der Waals surface area contributed by atoms with E-state index >= 15 is 0 Å². The van der Waals surface area contributed by atoms with E-state index in [0.29, 0.717) is 0 Å². The molecule has 0 aliphatic carbocycles. The minimum absolute atomic E-state index is 0.0993. The Hall–Kier alpha value is -0.677. The van der Waals surface area contributed by atoms with Crippen molar-refractivity contribution in [2.75, 3.05) is 13.2 Å². The third-order valence-electron chi connectivity index (χ3n) is 1.17. The summed E-state index contributed by atoms with van der Waals surface area (Å²) in [6.07, 6.45) is 0. The van der Waals surface area contributed by atoms with Gasteiger partial charge in [-0.15, -0.1) is 0 Å². The molecule has 0 bridgehead atoms.